The van der Waals surface area contributed by atoms with Gasteiger partial charge in [0.25, 0.3) is 0 Å². The van der Waals surface area contributed by atoms with E-state index in [1.165, 1.54) is 0 Å². The van der Waals surface area contributed by atoms with Gasteiger partial charge in [0.2, 0.25) is 23.6 Å². The van der Waals surface area contributed by atoms with E-state index in [-0.39, 0.29) is 61.0 Å². The summed E-state index contributed by atoms with van der Waals surface area (Å²) in [6, 6.07) is 13.6. The number of amides is 4. The number of rotatable bonds is 6. The normalized spacial score (nSPS) is 25.9. The van der Waals surface area contributed by atoms with Crippen molar-refractivity contribution in [3.63, 3.8) is 0 Å². The van der Waals surface area contributed by atoms with Crippen LogP contribution in [0.2, 0.25) is 0 Å². The number of hydrogen-bond acceptors (Lipinski definition) is 6. The summed E-state index contributed by atoms with van der Waals surface area (Å²) in [5, 5.41) is 10.4. The van der Waals surface area contributed by atoms with Gasteiger partial charge < -0.3 is 30.6 Å². The highest BCUT2D eigenvalue weighted by molar-refractivity contribution is 5.94. The standard InChI is InChI=1S/C37H48N6O5/c1-23(2)29-13-12-24(3)16-34(44)40-31(17-26-19-38-30-10-6-5-9-28(26)30)37(47)43-21-27(18-32(43)36(46)41-29)39-35(45)22-42-14-15-48-33-11-7-4-8-25(33)20-42/h4-11,19,23-24,27,29,31-32,38H,12-18,20-22H2,1-3H3,(H,39,45)(H,40,44)(H,41,46)/t24-,27-,29+,31-,32+/m1/s1. The third-order valence-corrected chi connectivity index (χ3v) is 10.0. The van der Waals surface area contributed by atoms with Gasteiger partial charge in [-0.15, -0.1) is 0 Å². The zero-order chi connectivity index (χ0) is 33.8. The number of nitrogens with one attached hydrogen (secondary N) is 4. The van der Waals surface area contributed by atoms with Crippen LogP contribution in [0.5, 0.6) is 5.75 Å². The minimum Gasteiger partial charge on any atom is -0.492 e. The Bertz CT molecular complexity index is 1640. The van der Waals surface area contributed by atoms with E-state index < -0.39 is 18.1 Å². The van der Waals surface area contributed by atoms with E-state index in [9.17, 15) is 19.2 Å². The van der Waals surface area contributed by atoms with E-state index in [0.717, 1.165) is 40.6 Å². The molecule has 5 atom stereocenters. The summed E-state index contributed by atoms with van der Waals surface area (Å²) in [6.07, 6.45) is 4.26. The predicted molar refractivity (Wildman–Crippen MR) is 183 cm³/mol. The van der Waals surface area contributed by atoms with Crippen LogP contribution in [-0.2, 0) is 32.1 Å². The lowest BCUT2D eigenvalue weighted by Gasteiger charge is -2.30. The fourth-order valence-electron chi connectivity index (χ4n) is 7.33. The number of nitrogens with zero attached hydrogens (tertiary/aromatic N) is 2. The van der Waals surface area contributed by atoms with Crippen molar-refractivity contribution in [2.24, 2.45) is 11.8 Å². The molecule has 3 aliphatic rings. The molecule has 3 aromatic rings. The minimum absolute atomic E-state index is 0.0930. The van der Waals surface area contributed by atoms with Gasteiger partial charge in [-0.2, -0.15) is 0 Å². The van der Waals surface area contributed by atoms with Crippen molar-refractivity contribution in [3.05, 3.63) is 65.9 Å². The second-order valence-corrected chi connectivity index (χ2v) is 14.1. The molecule has 2 fully saturated rings. The Morgan fingerprint density at radius 2 is 1.83 bits per heavy atom. The quantitative estimate of drug-likeness (QED) is 0.322. The average molecular weight is 657 g/mol. The largest absolute Gasteiger partial charge is 0.492 e. The molecule has 256 valence electrons. The molecular weight excluding hydrogens is 608 g/mol. The molecule has 4 heterocycles. The number of carbonyl (C=O) groups is 4. The van der Waals surface area contributed by atoms with Crippen molar-refractivity contribution >= 4 is 34.5 Å². The number of hydrogen-bond donors (Lipinski definition) is 4. The van der Waals surface area contributed by atoms with Crippen LogP contribution in [0.15, 0.2) is 54.7 Å². The molecule has 0 unspecified atom stereocenters. The smallest absolute Gasteiger partial charge is 0.246 e. The van der Waals surface area contributed by atoms with E-state index in [1.54, 1.807) is 4.90 Å². The average Bonchev–Trinajstić information content (AvgIpc) is 3.60. The van der Waals surface area contributed by atoms with Crippen LogP contribution in [0, 0.1) is 11.8 Å². The molecule has 2 saturated heterocycles. The lowest BCUT2D eigenvalue weighted by Crippen LogP contribution is -2.55. The minimum atomic E-state index is -0.868. The van der Waals surface area contributed by atoms with Gasteiger partial charge in [0.05, 0.1) is 6.54 Å². The van der Waals surface area contributed by atoms with Crippen LogP contribution >= 0.6 is 0 Å². The zero-order valence-electron chi connectivity index (χ0n) is 28.2. The van der Waals surface area contributed by atoms with Gasteiger partial charge >= 0.3 is 0 Å². The van der Waals surface area contributed by atoms with Gasteiger partial charge in [-0.3, -0.25) is 24.1 Å². The maximum absolute atomic E-state index is 14.5. The molecule has 0 radical (unpaired) electrons. The van der Waals surface area contributed by atoms with Crippen LogP contribution in [0.25, 0.3) is 10.9 Å². The molecule has 4 N–H and O–H groups in total. The molecule has 0 aliphatic carbocycles. The second-order valence-electron chi connectivity index (χ2n) is 14.1. The monoisotopic (exact) mass is 656 g/mol. The van der Waals surface area contributed by atoms with Crippen molar-refractivity contribution in [1.82, 2.24) is 30.7 Å². The second kappa shape index (κ2) is 14.8. The van der Waals surface area contributed by atoms with Crippen LogP contribution in [0.3, 0.4) is 0 Å². The Kier molecular flexibility index (Phi) is 10.3. The molecule has 6 rings (SSSR count). The summed E-state index contributed by atoms with van der Waals surface area (Å²) in [5.74, 6) is 0.227. The first-order valence-corrected chi connectivity index (χ1v) is 17.3. The Morgan fingerprint density at radius 3 is 2.67 bits per heavy atom. The van der Waals surface area contributed by atoms with Crippen LogP contribution in [0.4, 0.5) is 0 Å². The highest BCUT2D eigenvalue weighted by atomic mass is 16.5. The maximum atomic E-state index is 14.5. The molecule has 48 heavy (non-hydrogen) atoms. The molecule has 4 amide bonds. The number of benzene rings is 2. The summed E-state index contributed by atoms with van der Waals surface area (Å²) >= 11 is 0. The molecule has 0 saturated carbocycles. The maximum Gasteiger partial charge on any atom is 0.246 e. The fraction of sp³-hybridized carbons (Fsp3) is 0.514. The van der Waals surface area contributed by atoms with Gasteiger partial charge in [-0.1, -0.05) is 57.2 Å². The molecule has 11 nitrogen and oxygen atoms in total. The summed E-state index contributed by atoms with van der Waals surface area (Å²) in [6.45, 7) is 8.22. The Labute approximate surface area is 282 Å². The SMILES string of the molecule is CC(C)[C@@H]1CC[C@@H](C)CC(=O)N[C@H](Cc2c[nH]c3ccccc23)C(=O)N2C[C@H](NC(=O)CN3CCOc4ccccc4C3)C[C@H]2C(=O)N1. The molecule has 1 aromatic heterocycles. The topological polar surface area (TPSA) is 136 Å². The van der Waals surface area contributed by atoms with E-state index in [4.69, 9.17) is 4.74 Å². The molecule has 3 aliphatic heterocycles. The Balaban J connectivity index is 1.22. The first-order valence-electron chi connectivity index (χ1n) is 17.3. The van der Waals surface area contributed by atoms with Gasteiger partial charge in [-0.25, -0.2) is 0 Å². The predicted octanol–water partition coefficient (Wildman–Crippen LogP) is 3.14. The van der Waals surface area contributed by atoms with Gasteiger partial charge in [0, 0.05) is 67.2 Å². The van der Waals surface area contributed by atoms with Crippen molar-refractivity contribution in [2.45, 2.75) is 83.6 Å². The highest BCUT2D eigenvalue weighted by Crippen LogP contribution is 2.26. The van der Waals surface area contributed by atoms with Crippen molar-refractivity contribution in [3.8, 4) is 5.75 Å². The fourth-order valence-corrected chi connectivity index (χ4v) is 7.33. The highest BCUT2D eigenvalue weighted by Gasteiger charge is 2.43. The first kappa shape index (κ1) is 33.5. The zero-order valence-corrected chi connectivity index (χ0v) is 28.2. The summed E-state index contributed by atoms with van der Waals surface area (Å²) < 4.78 is 5.87. The number of H-pyrrole nitrogens is 1. The Hall–Kier alpha value is -4.38. The molecular formula is C37H48N6O5. The van der Waals surface area contributed by atoms with Gasteiger partial charge in [0.1, 0.15) is 24.4 Å². The van der Waals surface area contributed by atoms with E-state index >= 15 is 0 Å². The summed E-state index contributed by atoms with van der Waals surface area (Å²) in [7, 11) is 0. The third-order valence-electron chi connectivity index (χ3n) is 10.0. The van der Waals surface area contributed by atoms with Gasteiger partial charge in [-0.05, 0) is 48.8 Å². The summed E-state index contributed by atoms with van der Waals surface area (Å²) in [5.41, 5.74) is 2.89. The molecule has 2 aromatic carbocycles. The number of ether oxygens (including phenoxy) is 1. The third kappa shape index (κ3) is 7.84. The van der Waals surface area contributed by atoms with E-state index in [0.29, 0.717) is 32.5 Å². The van der Waals surface area contributed by atoms with Gasteiger partial charge in [0.15, 0.2) is 0 Å². The summed E-state index contributed by atoms with van der Waals surface area (Å²) in [4.78, 5) is 62.1. The van der Waals surface area contributed by atoms with Crippen LogP contribution < -0.4 is 20.7 Å². The van der Waals surface area contributed by atoms with E-state index in [2.05, 4.69) is 34.8 Å². The number of aromatic nitrogens is 1. The lowest BCUT2D eigenvalue weighted by atomic mass is 9.92. The first-order chi connectivity index (χ1) is 23.1. The number of para-hydroxylation sites is 2. The van der Waals surface area contributed by atoms with Crippen molar-refractivity contribution in [1.29, 1.82) is 0 Å². The van der Waals surface area contributed by atoms with E-state index in [1.807, 2.05) is 66.6 Å². The lowest BCUT2D eigenvalue weighted by molar-refractivity contribution is -0.141. The molecule has 0 spiro atoms. The van der Waals surface area contributed by atoms with Crippen LogP contribution in [-0.4, -0.2) is 88.8 Å². The van der Waals surface area contributed by atoms with Crippen LogP contribution in [0.1, 0.15) is 57.6 Å². The number of fused-ring (bicyclic) bond motifs is 3. The Morgan fingerprint density at radius 1 is 1.04 bits per heavy atom. The van der Waals surface area contributed by atoms with Crippen molar-refractivity contribution < 1.29 is 23.9 Å². The molecule has 0 bridgehead atoms. The number of aromatic amines is 1. The molecule has 11 heteroatoms. The van der Waals surface area contributed by atoms with Crippen molar-refractivity contribution in [2.75, 3.05) is 26.2 Å². The number of carbonyl (C=O) groups excluding carboxylic acids is 4.